The Bertz CT molecular complexity index is 744. The Balaban J connectivity index is 2.08. The van der Waals surface area contributed by atoms with E-state index in [0.29, 0.717) is 5.78 Å². The van der Waals surface area contributed by atoms with Crippen LogP contribution in [0.25, 0.3) is 0 Å². The zero-order valence-electron chi connectivity index (χ0n) is 15.5. The molecule has 0 N–H and O–H groups in total. The van der Waals surface area contributed by atoms with Gasteiger partial charge in [-0.1, -0.05) is 82.3 Å². The summed E-state index contributed by atoms with van der Waals surface area (Å²) in [7, 11) is 0. The first kappa shape index (κ1) is 17.0. The largest absolute Gasteiger partial charge is 0.300 e. The van der Waals surface area contributed by atoms with E-state index in [4.69, 9.17) is 0 Å². The first-order valence-corrected chi connectivity index (χ1v) is 8.93. The lowest BCUT2D eigenvalue weighted by Gasteiger charge is -2.40. The molecule has 0 bridgehead atoms. The van der Waals surface area contributed by atoms with Crippen molar-refractivity contribution < 1.29 is 4.79 Å². The molecule has 0 heterocycles. The molecule has 0 saturated heterocycles. The number of benzene rings is 2. The van der Waals surface area contributed by atoms with Gasteiger partial charge in [-0.05, 0) is 41.4 Å². The van der Waals surface area contributed by atoms with Crippen LogP contribution in [0, 0.1) is 5.92 Å². The van der Waals surface area contributed by atoms with Gasteiger partial charge in [0, 0.05) is 11.3 Å². The van der Waals surface area contributed by atoms with Crippen molar-refractivity contribution >= 4 is 5.78 Å². The first-order valence-electron chi connectivity index (χ1n) is 8.93. The summed E-state index contributed by atoms with van der Waals surface area (Å²) in [5, 5.41) is 0. The smallest absolute Gasteiger partial charge is 0.134 e. The maximum absolute atomic E-state index is 12.6. The molecule has 1 nitrogen and oxygen atoms in total. The molecule has 0 aliphatic heterocycles. The van der Waals surface area contributed by atoms with Crippen LogP contribution in [0.4, 0.5) is 0 Å². The summed E-state index contributed by atoms with van der Waals surface area (Å²) < 4.78 is 0. The van der Waals surface area contributed by atoms with Crippen LogP contribution >= 0.6 is 0 Å². The summed E-state index contributed by atoms with van der Waals surface area (Å²) in [6.07, 6.45) is 0.968. The third kappa shape index (κ3) is 2.60. The van der Waals surface area contributed by atoms with Gasteiger partial charge in [-0.2, -0.15) is 0 Å². The van der Waals surface area contributed by atoms with E-state index < -0.39 is 0 Å². The van der Waals surface area contributed by atoms with E-state index in [1.165, 1.54) is 16.7 Å². The molecule has 3 atom stereocenters. The Labute approximate surface area is 146 Å². The number of hydrogen-bond acceptors (Lipinski definition) is 1. The molecule has 2 aromatic carbocycles. The summed E-state index contributed by atoms with van der Waals surface area (Å²) in [6, 6.07) is 19.3. The number of ketones is 1. The summed E-state index contributed by atoms with van der Waals surface area (Å²) in [5.41, 5.74) is 3.94. The van der Waals surface area contributed by atoms with Crippen LogP contribution in [-0.4, -0.2) is 5.78 Å². The highest BCUT2D eigenvalue weighted by molar-refractivity contribution is 5.83. The third-order valence-electron chi connectivity index (χ3n) is 6.06. The zero-order chi connectivity index (χ0) is 17.5. The van der Waals surface area contributed by atoms with E-state index in [-0.39, 0.29) is 22.7 Å². The molecule has 0 aromatic heterocycles. The van der Waals surface area contributed by atoms with Gasteiger partial charge in [0.2, 0.25) is 0 Å². The van der Waals surface area contributed by atoms with Gasteiger partial charge in [0.1, 0.15) is 5.78 Å². The van der Waals surface area contributed by atoms with Crippen LogP contribution in [-0.2, 0) is 15.6 Å². The van der Waals surface area contributed by atoms with Crippen LogP contribution in [0.3, 0.4) is 0 Å². The molecule has 126 valence electrons. The number of rotatable bonds is 4. The number of hydrogen-bond donors (Lipinski definition) is 0. The highest BCUT2D eigenvalue weighted by Gasteiger charge is 2.51. The lowest BCUT2D eigenvalue weighted by Crippen LogP contribution is -2.39. The van der Waals surface area contributed by atoms with E-state index in [2.05, 4.69) is 82.3 Å². The van der Waals surface area contributed by atoms with Crippen molar-refractivity contribution in [3.63, 3.8) is 0 Å². The van der Waals surface area contributed by atoms with E-state index in [9.17, 15) is 4.79 Å². The molecule has 1 heteroatoms. The molecule has 0 fully saturated rings. The van der Waals surface area contributed by atoms with Crippen LogP contribution in [0.2, 0.25) is 0 Å². The van der Waals surface area contributed by atoms with E-state index in [1.807, 2.05) is 0 Å². The predicted octanol–water partition coefficient (Wildman–Crippen LogP) is 5.63. The predicted molar refractivity (Wildman–Crippen MR) is 100 cm³/mol. The van der Waals surface area contributed by atoms with E-state index in [0.717, 1.165) is 6.42 Å². The van der Waals surface area contributed by atoms with Crippen LogP contribution in [0.1, 0.15) is 63.6 Å². The van der Waals surface area contributed by atoms with E-state index >= 15 is 0 Å². The zero-order valence-corrected chi connectivity index (χ0v) is 15.5. The van der Waals surface area contributed by atoms with Crippen molar-refractivity contribution in [2.45, 2.75) is 57.8 Å². The number of fused-ring (bicyclic) bond motifs is 1. The lowest BCUT2D eigenvalue weighted by atomic mass is 9.63. The standard InChI is InChI=1S/C23H28O/c1-16-19-13-9-10-14-20(19)23(5,21(16)17(2)24)15-22(3,4)18-11-7-6-8-12-18/h6-14,16,21H,15H2,1-5H3. The normalized spacial score (nSPS) is 26.2. The van der Waals surface area contributed by atoms with Crippen molar-refractivity contribution in [2.24, 2.45) is 5.92 Å². The number of Topliss-reactive ketones (excluding diaryl/α,β-unsaturated/α-hetero) is 1. The molecule has 24 heavy (non-hydrogen) atoms. The highest BCUT2D eigenvalue weighted by Crippen LogP contribution is 2.55. The van der Waals surface area contributed by atoms with Crippen LogP contribution in [0.5, 0.6) is 0 Å². The summed E-state index contributed by atoms with van der Waals surface area (Å²) in [5.74, 6) is 0.651. The minimum absolute atomic E-state index is 0.0148. The maximum Gasteiger partial charge on any atom is 0.134 e. The van der Waals surface area contributed by atoms with Gasteiger partial charge in [-0.15, -0.1) is 0 Å². The summed E-state index contributed by atoms with van der Waals surface area (Å²) in [6.45, 7) is 10.9. The molecule has 0 amide bonds. The molecule has 2 aromatic rings. The van der Waals surface area contributed by atoms with Crippen molar-refractivity contribution in [1.29, 1.82) is 0 Å². The number of carbonyl (C=O) groups excluding carboxylic acids is 1. The quantitative estimate of drug-likeness (QED) is 0.713. The third-order valence-corrected chi connectivity index (χ3v) is 6.06. The monoisotopic (exact) mass is 320 g/mol. The Morgan fingerprint density at radius 2 is 1.62 bits per heavy atom. The maximum atomic E-state index is 12.6. The number of carbonyl (C=O) groups is 1. The van der Waals surface area contributed by atoms with Crippen LogP contribution < -0.4 is 0 Å². The second-order valence-corrected chi connectivity index (χ2v) is 8.31. The molecule has 0 radical (unpaired) electrons. The minimum Gasteiger partial charge on any atom is -0.300 e. The van der Waals surface area contributed by atoms with Gasteiger partial charge in [-0.25, -0.2) is 0 Å². The minimum atomic E-state index is -0.124. The summed E-state index contributed by atoms with van der Waals surface area (Å²) in [4.78, 5) is 12.6. The second kappa shape index (κ2) is 5.88. The Morgan fingerprint density at radius 3 is 2.25 bits per heavy atom. The first-order chi connectivity index (χ1) is 11.3. The fourth-order valence-electron chi connectivity index (χ4n) is 5.23. The van der Waals surface area contributed by atoms with Crippen molar-refractivity contribution in [3.8, 4) is 0 Å². The molecule has 3 unspecified atom stereocenters. The average molecular weight is 320 g/mol. The topological polar surface area (TPSA) is 17.1 Å². The molecule has 1 aliphatic carbocycles. The van der Waals surface area contributed by atoms with Gasteiger partial charge in [0.15, 0.2) is 0 Å². The van der Waals surface area contributed by atoms with E-state index in [1.54, 1.807) is 6.92 Å². The lowest BCUT2D eigenvalue weighted by molar-refractivity contribution is -0.123. The molecule has 0 saturated carbocycles. The van der Waals surface area contributed by atoms with Gasteiger partial charge < -0.3 is 0 Å². The molecular weight excluding hydrogens is 292 g/mol. The van der Waals surface area contributed by atoms with Gasteiger partial charge in [-0.3, -0.25) is 4.79 Å². The molecule has 0 spiro atoms. The average Bonchev–Trinajstić information content (AvgIpc) is 2.76. The van der Waals surface area contributed by atoms with Gasteiger partial charge in [0.25, 0.3) is 0 Å². The fourth-order valence-corrected chi connectivity index (χ4v) is 5.23. The molecular formula is C23H28O. The SMILES string of the molecule is CC(=O)C1C(C)c2ccccc2C1(C)CC(C)(C)c1ccccc1. The van der Waals surface area contributed by atoms with Gasteiger partial charge in [0.05, 0.1) is 0 Å². The van der Waals surface area contributed by atoms with Crippen molar-refractivity contribution in [3.05, 3.63) is 71.3 Å². The van der Waals surface area contributed by atoms with Gasteiger partial charge >= 0.3 is 0 Å². The Kier molecular flexibility index (Phi) is 4.15. The second-order valence-electron chi connectivity index (χ2n) is 8.31. The van der Waals surface area contributed by atoms with Crippen LogP contribution in [0.15, 0.2) is 54.6 Å². The molecule has 1 aliphatic rings. The molecule has 3 rings (SSSR count). The Hall–Kier alpha value is -1.89. The van der Waals surface area contributed by atoms with Crippen molar-refractivity contribution in [1.82, 2.24) is 0 Å². The highest BCUT2D eigenvalue weighted by atomic mass is 16.1. The summed E-state index contributed by atoms with van der Waals surface area (Å²) >= 11 is 0. The Morgan fingerprint density at radius 1 is 1.04 bits per heavy atom. The van der Waals surface area contributed by atoms with Crippen molar-refractivity contribution in [2.75, 3.05) is 0 Å². The fraction of sp³-hybridized carbons (Fsp3) is 0.435.